The van der Waals surface area contributed by atoms with Crippen LogP contribution in [0.15, 0.2) is 12.1 Å². The number of carbonyl (C=O) groups is 1. The highest BCUT2D eigenvalue weighted by atomic mass is 35.5. The van der Waals surface area contributed by atoms with Gasteiger partial charge < -0.3 is 15.2 Å². The maximum absolute atomic E-state index is 11.1. The molecule has 0 aliphatic heterocycles. The Morgan fingerprint density at radius 2 is 2.10 bits per heavy atom. The number of carboxylic acid groups (broad SMARTS) is 1. The minimum atomic E-state index is -0.853. The van der Waals surface area contributed by atoms with Crippen molar-refractivity contribution < 1.29 is 14.6 Å². The van der Waals surface area contributed by atoms with Gasteiger partial charge in [-0.05, 0) is 18.1 Å². The fourth-order valence-electron chi connectivity index (χ4n) is 1.82. The van der Waals surface area contributed by atoms with Crippen molar-refractivity contribution in [2.45, 2.75) is 38.8 Å². The summed E-state index contributed by atoms with van der Waals surface area (Å²) in [6.45, 7) is 2.38. The van der Waals surface area contributed by atoms with Gasteiger partial charge in [-0.15, -0.1) is 0 Å². The molecule has 0 aliphatic rings. The van der Waals surface area contributed by atoms with Crippen LogP contribution in [0.3, 0.4) is 0 Å². The van der Waals surface area contributed by atoms with Crippen LogP contribution in [0.5, 0.6) is 5.75 Å². The molecule has 0 heterocycles. The molecular formula is C14H19Cl2NO3. The molecule has 1 aromatic rings. The number of carboxylic acids is 1. The summed E-state index contributed by atoms with van der Waals surface area (Å²) in [6, 6.07) is 2.74. The van der Waals surface area contributed by atoms with Crippen LogP contribution in [0.1, 0.15) is 31.7 Å². The van der Waals surface area contributed by atoms with Crippen molar-refractivity contribution in [3.05, 3.63) is 27.7 Å². The monoisotopic (exact) mass is 319 g/mol. The van der Waals surface area contributed by atoms with E-state index in [0.29, 0.717) is 28.8 Å². The van der Waals surface area contributed by atoms with E-state index >= 15 is 0 Å². The third-order valence-corrected chi connectivity index (χ3v) is 3.65. The van der Waals surface area contributed by atoms with E-state index < -0.39 is 12.0 Å². The van der Waals surface area contributed by atoms with Gasteiger partial charge >= 0.3 is 5.97 Å². The highest BCUT2D eigenvalue weighted by Crippen LogP contribution is 2.30. The lowest BCUT2D eigenvalue weighted by Gasteiger charge is -2.15. The molecule has 1 rings (SSSR count). The Morgan fingerprint density at radius 3 is 2.65 bits per heavy atom. The number of benzene rings is 1. The first-order valence-electron chi connectivity index (χ1n) is 6.47. The lowest BCUT2D eigenvalue weighted by atomic mass is 10.1. The minimum absolute atomic E-state index is 0.350. The molecule has 0 aromatic heterocycles. The second-order valence-corrected chi connectivity index (χ2v) is 5.31. The summed E-state index contributed by atoms with van der Waals surface area (Å²) in [4.78, 5) is 11.1. The minimum Gasteiger partial charge on any atom is -0.495 e. The molecule has 1 aromatic carbocycles. The largest absolute Gasteiger partial charge is 0.495 e. The molecule has 2 N–H and O–H groups in total. The Morgan fingerprint density at radius 1 is 1.40 bits per heavy atom. The summed E-state index contributed by atoms with van der Waals surface area (Å²) in [5.74, 6) is -0.352. The third kappa shape index (κ3) is 4.85. The first-order valence-corrected chi connectivity index (χ1v) is 7.23. The summed E-state index contributed by atoms with van der Waals surface area (Å²) >= 11 is 12.2. The zero-order valence-corrected chi connectivity index (χ0v) is 13.1. The highest BCUT2D eigenvalue weighted by molar-refractivity contribution is 6.34. The average Bonchev–Trinajstić information content (AvgIpc) is 2.41. The maximum atomic E-state index is 11.1. The molecule has 0 spiro atoms. The fourth-order valence-corrected chi connectivity index (χ4v) is 2.30. The molecule has 0 saturated heterocycles. The van der Waals surface area contributed by atoms with Crippen LogP contribution in [-0.2, 0) is 11.3 Å². The SMILES string of the molecule is CCCC[C@H](NCc1cc(Cl)c(OC)cc1Cl)C(=O)O. The molecule has 0 unspecified atom stereocenters. The fraction of sp³-hybridized carbons (Fsp3) is 0.500. The van der Waals surface area contributed by atoms with Crippen LogP contribution >= 0.6 is 23.2 Å². The van der Waals surface area contributed by atoms with E-state index in [-0.39, 0.29) is 0 Å². The molecule has 0 saturated carbocycles. The van der Waals surface area contributed by atoms with Crippen molar-refractivity contribution >= 4 is 29.2 Å². The van der Waals surface area contributed by atoms with Crippen LogP contribution in [0.4, 0.5) is 0 Å². The summed E-state index contributed by atoms with van der Waals surface area (Å²) < 4.78 is 5.07. The summed E-state index contributed by atoms with van der Waals surface area (Å²) in [7, 11) is 1.51. The number of hydrogen-bond acceptors (Lipinski definition) is 3. The van der Waals surface area contributed by atoms with Gasteiger partial charge in [0.05, 0.1) is 12.1 Å². The molecule has 20 heavy (non-hydrogen) atoms. The van der Waals surface area contributed by atoms with Crippen molar-refractivity contribution in [2.75, 3.05) is 7.11 Å². The molecule has 0 bridgehead atoms. The first kappa shape index (κ1) is 17.1. The average molecular weight is 320 g/mol. The van der Waals surface area contributed by atoms with Crippen LogP contribution in [0.25, 0.3) is 0 Å². The normalized spacial score (nSPS) is 12.2. The predicted octanol–water partition coefficient (Wildman–Crippen LogP) is 3.74. The smallest absolute Gasteiger partial charge is 0.320 e. The molecule has 6 heteroatoms. The standard InChI is InChI=1S/C14H19Cl2NO3/c1-3-4-5-12(14(18)19)17-8-9-6-11(16)13(20-2)7-10(9)15/h6-7,12,17H,3-5,8H2,1-2H3,(H,18,19)/t12-/m0/s1. The van der Waals surface area contributed by atoms with Gasteiger partial charge in [-0.2, -0.15) is 0 Å². The molecular weight excluding hydrogens is 301 g/mol. The number of ether oxygens (including phenoxy) is 1. The molecule has 4 nitrogen and oxygen atoms in total. The molecule has 1 atom stereocenters. The van der Waals surface area contributed by atoms with Crippen LogP contribution < -0.4 is 10.1 Å². The van der Waals surface area contributed by atoms with Gasteiger partial charge in [0.15, 0.2) is 0 Å². The Kier molecular flexibility index (Phi) is 7.13. The Hall–Kier alpha value is -0.970. The molecule has 0 radical (unpaired) electrons. The van der Waals surface area contributed by atoms with E-state index in [1.54, 1.807) is 12.1 Å². The summed E-state index contributed by atoms with van der Waals surface area (Å²) in [6.07, 6.45) is 2.41. The summed E-state index contributed by atoms with van der Waals surface area (Å²) in [5.41, 5.74) is 0.750. The van der Waals surface area contributed by atoms with Crippen molar-refractivity contribution in [3.63, 3.8) is 0 Å². The predicted molar refractivity (Wildman–Crippen MR) is 80.8 cm³/mol. The van der Waals surface area contributed by atoms with Crippen molar-refractivity contribution in [3.8, 4) is 5.75 Å². The van der Waals surface area contributed by atoms with E-state index in [9.17, 15) is 4.79 Å². The number of unbranched alkanes of at least 4 members (excludes halogenated alkanes) is 1. The van der Waals surface area contributed by atoms with Crippen molar-refractivity contribution in [2.24, 2.45) is 0 Å². The molecule has 112 valence electrons. The van der Waals surface area contributed by atoms with Crippen LogP contribution in [0, 0.1) is 0 Å². The second kappa shape index (κ2) is 8.35. The molecule has 0 fully saturated rings. The van der Waals surface area contributed by atoms with Gasteiger partial charge in [-0.25, -0.2) is 0 Å². The van der Waals surface area contributed by atoms with Gasteiger partial charge in [0.2, 0.25) is 0 Å². The van der Waals surface area contributed by atoms with Gasteiger partial charge in [0.1, 0.15) is 11.8 Å². The van der Waals surface area contributed by atoms with Gasteiger partial charge in [0, 0.05) is 17.6 Å². The van der Waals surface area contributed by atoms with Gasteiger partial charge in [0.25, 0.3) is 0 Å². The topological polar surface area (TPSA) is 58.6 Å². The van der Waals surface area contributed by atoms with E-state index in [1.165, 1.54) is 7.11 Å². The number of nitrogens with one attached hydrogen (secondary N) is 1. The zero-order chi connectivity index (χ0) is 15.1. The van der Waals surface area contributed by atoms with Crippen molar-refractivity contribution in [1.29, 1.82) is 0 Å². The lowest BCUT2D eigenvalue weighted by molar-refractivity contribution is -0.139. The quantitative estimate of drug-likeness (QED) is 0.766. The Bertz CT molecular complexity index is 466. The lowest BCUT2D eigenvalue weighted by Crippen LogP contribution is -2.36. The van der Waals surface area contributed by atoms with E-state index in [0.717, 1.165) is 18.4 Å². The van der Waals surface area contributed by atoms with Crippen molar-refractivity contribution in [1.82, 2.24) is 5.32 Å². The molecule has 0 amide bonds. The highest BCUT2D eigenvalue weighted by Gasteiger charge is 2.17. The Balaban J connectivity index is 2.72. The van der Waals surface area contributed by atoms with Crippen LogP contribution in [-0.4, -0.2) is 24.2 Å². The number of methoxy groups -OCH3 is 1. The number of aliphatic carboxylic acids is 1. The summed E-state index contributed by atoms with van der Waals surface area (Å²) in [5, 5.41) is 13.1. The van der Waals surface area contributed by atoms with Gasteiger partial charge in [-0.3, -0.25) is 4.79 Å². The first-order chi connectivity index (χ1) is 9.49. The van der Waals surface area contributed by atoms with Crippen LogP contribution in [0.2, 0.25) is 10.0 Å². The maximum Gasteiger partial charge on any atom is 0.320 e. The van der Waals surface area contributed by atoms with E-state index in [4.69, 9.17) is 33.0 Å². The van der Waals surface area contributed by atoms with E-state index in [1.807, 2.05) is 6.92 Å². The number of halogens is 2. The Labute approximate surface area is 129 Å². The molecule has 0 aliphatic carbocycles. The van der Waals surface area contributed by atoms with E-state index in [2.05, 4.69) is 5.32 Å². The number of hydrogen-bond donors (Lipinski definition) is 2. The second-order valence-electron chi connectivity index (χ2n) is 4.49. The zero-order valence-electron chi connectivity index (χ0n) is 11.6. The number of rotatable bonds is 8. The van der Waals surface area contributed by atoms with Gasteiger partial charge in [-0.1, -0.05) is 43.0 Å². The third-order valence-electron chi connectivity index (χ3n) is 3.00.